The van der Waals surface area contributed by atoms with Gasteiger partial charge in [0.25, 0.3) is 0 Å². The van der Waals surface area contributed by atoms with Gasteiger partial charge in [0.2, 0.25) is 0 Å². The van der Waals surface area contributed by atoms with Crippen LogP contribution in [0.5, 0.6) is 5.75 Å². The molecule has 6 heteroatoms. The Morgan fingerprint density at radius 2 is 1.78 bits per heavy atom. The summed E-state index contributed by atoms with van der Waals surface area (Å²) >= 11 is 0. The first kappa shape index (κ1) is 17.0. The van der Waals surface area contributed by atoms with Gasteiger partial charge in [0.05, 0.1) is 24.8 Å². The highest BCUT2D eigenvalue weighted by Crippen LogP contribution is 2.32. The number of alkyl halides is 3. The van der Waals surface area contributed by atoms with Crippen molar-refractivity contribution in [2.24, 2.45) is 0 Å². The van der Waals surface area contributed by atoms with Crippen molar-refractivity contribution in [1.82, 2.24) is 0 Å². The molecule has 0 aliphatic heterocycles. The fraction of sp³-hybridized carbons (Fsp3) is 0.235. The van der Waals surface area contributed by atoms with E-state index in [4.69, 9.17) is 9.47 Å². The molecule has 0 spiro atoms. The zero-order valence-corrected chi connectivity index (χ0v) is 12.4. The lowest BCUT2D eigenvalue weighted by molar-refractivity contribution is -0.137. The Morgan fingerprint density at radius 1 is 1.09 bits per heavy atom. The molecular formula is C17H15F3O3. The molecule has 0 saturated carbocycles. The number of ketones is 1. The van der Waals surface area contributed by atoms with Crippen molar-refractivity contribution in [2.75, 3.05) is 13.7 Å². The summed E-state index contributed by atoms with van der Waals surface area (Å²) in [4.78, 5) is 12.1. The molecule has 0 aromatic heterocycles. The smallest absolute Gasteiger partial charge is 0.416 e. The minimum Gasteiger partial charge on any atom is -0.496 e. The summed E-state index contributed by atoms with van der Waals surface area (Å²) in [6.07, 6.45) is -4.52. The van der Waals surface area contributed by atoms with E-state index in [1.807, 2.05) is 30.3 Å². The van der Waals surface area contributed by atoms with Crippen molar-refractivity contribution >= 4 is 5.78 Å². The van der Waals surface area contributed by atoms with E-state index in [1.165, 1.54) is 7.11 Å². The Labute approximate surface area is 131 Å². The first-order valence-corrected chi connectivity index (χ1v) is 6.82. The second kappa shape index (κ2) is 7.28. The molecule has 0 heterocycles. The van der Waals surface area contributed by atoms with Gasteiger partial charge in [-0.1, -0.05) is 30.3 Å². The van der Waals surface area contributed by atoms with Crippen LogP contribution in [0.15, 0.2) is 48.5 Å². The van der Waals surface area contributed by atoms with Crippen LogP contribution in [0, 0.1) is 0 Å². The average Bonchev–Trinajstić information content (AvgIpc) is 2.54. The minimum absolute atomic E-state index is 0.0892. The standard InChI is InChI=1S/C17H15F3O3/c1-22-16-8-7-13(17(18,19)20)9-14(16)15(21)11-23-10-12-5-3-2-4-6-12/h2-9H,10-11H2,1H3. The lowest BCUT2D eigenvalue weighted by Gasteiger charge is -2.12. The molecule has 0 saturated heterocycles. The molecule has 2 aromatic rings. The van der Waals surface area contributed by atoms with Crippen molar-refractivity contribution in [3.8, 4) is 5.75 Å². The first-order valence-electron chi connectivity index (χ1n) is 6.82. The Morgan fingerprint density at radius 3 is 2.39 bits per heavy atom. The quantitative estimate of drug-likeness (QED) is 0.750. The topological polar surface area (TPSA) is 35.5 Å². The number of rotatable bonds is 6. The predicted molar refractivity (Wildman–Crippen MR) is 78.4 cm³/mol. The maximum absolute atomic E-state index is 12.8. The molecule has 0 N–H and O–H groups in total. The van der Waals surface area contributed by atoms with E-state index in [2.05, 4.69) is 0 Å². The van der Waals surface area contributed by atoms with E-state index in [9.17, 15) is 18.0 Å². The van der Waals surface area contributed by atoms with Gasteiger partial charge in [-0.3, -0.25) is 4.79 Å². The highest BCUT2D eigenvalue weighted by atomic mass is 19.4. The SMILES string of the molecule is COc1ccc(C(F)(F)F)cc1C(=O)COCc1ccccc1. The van der Waals surface area contributed by atoms with Crippen LogP contribution >= 0.6 is 0 Å². The number of hydrogen-bond donors (Lipinski definition) is 0. The predicted octanol–water partition coefficient (Wildman–Crippen LogP) is 4.11. The molecule has 0 radical (unpaired) electrons. The maximum Gasteiger partial charge on any atom is 0.416 e. The Kier molecular flexibility index (Phi) is 5.39. The fourth-order valence-corrected chi connectivity index (χ4v) is 2.02. The summed E-state index contributed by atoms with van der Waals surface area (Å²) in [6, 6.07) is 12.0. The van der Waals surface area contributed by atoms with Crippen LogP contribution in [0.2, 0.25) is 0 Å². The van der Waals surface area contributed by atoms with Crippen molar-refractivity contribution in [1.29, 1.82) is 0 Å². The molecule has 0 fully saturated rings. The van der Waals surface area contributed by atoms with Crippen LogP contribution < -0.4 is 4.74 Å². The van der Waals surface area contributed by atoms with Gasteiger partial charge in [-0.05, 0) is 23.8 Å². The summed E-state index contributed by atoms with van der Waals surface area (Å²) < 4.78 is 48.5. The van der Waals surface area contributed by atoms with E-state index >= 15 is 0 Å². The number of hydrogen-bond acceptors (Lipinski definition) is 3. The molecule has 2 rings (SSSR count). The normalized spacial score (nSPS) is 11.3. The van der Waals surface area contributed by atoms with Gasteiger partial charge in [-0.15, -0.1) is 0 Å². The van der Waals surface area contributed by atoms with Gasteiger partial charge in [-0.25, -0.2) is 0 Å². The van der Waals surface area contributed by atoms with E-state index in [-0.39, 0.29) is 24.5 Å². The minimum atomic E-state index is -4.52. The van der Waals surface area contributed by atoms with E-state index in [1.54, 1.807) is 0 Å². The lowest BCUT2D eigenvalue weighted by atomic mass is 10.1. The summed E-state index contributed by atoms with van der Waals surface area (Å²) in [6.45, 7) is -0.125. The van der Waals surface area contributed by atoms with Crippen LogP contribution in [0.4, 0.5) is 13.2 Å². The van der Waals surface area contributed by atoms with E-state index < -0.39 is 17.5 Å². The Hall–Kier alpha value is -2.34. The second-order valence-corrected chi connectivity index (χ2v) is 4.81. The zero-order valence-electron chi connectivity index (χ0n) is 12.4. The fourth-order valence-electron chi connectivity index (χ4n) is 2.02. The van der Waals surface area contributed by atoms with E-state index in [0.29, 0.717) is 0 Å². The zero-order chi connectivity index (χ0) is 16.9. The number of Topliss-reactive ketones (excluding diaryl/α,β-unsaturated/α-hetero) is 1. The molecule has 0 aliphatic rings. The molecule has 2 aromatic carbocycles. The summed E-state index contributed by atoms with van der Waals surface area (Å²) in [7, 11) is 1.30. The van der Waals surface area contributed by atoms with Crippen LogP contribution in [-0.2, 0) is 17.5 Å². The van der Waals surface area contributed by atoms with Gasteiger partial charge >= 0.3 is 6.18 Å². The maximum atomic E-state index is 12.8. The molecule has 0 unspecified atom stereocenters. The second-order valence-electron chi connectivity index (χ2n) is 4.81. The highest BCUT2D eigenvalue weighted by molar-refractivity contribution is 5.99. The number of halogens is 3. The highest BCUT2D eigenvalue weighted by Gasteiger charge is 2.32. The molecule has 0 atom stereocenters. The number of methoxy groups -OCH3 is 1. The van der Waals surface area contributed by atoms with Crippen LogP contribution in [-0.4, -0.2) is 19.5 Å². The monoisotopic (exact) mass is 324 g/mol. The summed E-state index contributed by atoms with van der Waals surface area (Å²) in [5.74, 6) is -0.477. The molecule has 3 nitrogen and oxygen atoms in total. The van der Waals surface area contributed by atoms with Crippen LogP contribution in [0.3, 0.4) is 0 Å². The molecule has 23 heavy (non-hydrogen) atoms. The van der Waals surface area contributed by atoms with Gasteiger partial charge < -0.3 is 9.47 Å². The molecular weight excluding hydrogens is 309 g/mol. The molecule has 0 bridgehead atoms. The van der Waals surface area contributed by atoms with Crippen molar-refractivity contribution in [3.63, 3.8) is 0 Å². The first-order chi connectivity index (χ1) is 10.9. The summed E-state index contributed by atoms with van der Waals surface area (Å²) in [5, 5.41) is 0. The largest absolute Gasteiger partial charge is 0.496 e. The van der Waals surface area contributed by atoms with Crippen LogP contribution in [0.25, 0.3) is 0 Å². The third-order valence-corrected chi connectivity index (χ3v) is 3.17. The van der Waals surface area contributed by atoms with Crippen LogP contribution in [0.1, 0.15) is 21.5 Å². The number of carbonyl (C=O) groups is 1. The van der Waals surface area contributed by atoms with Crippen molar-refractivity contribution in [2.45, 2.75) is 12.8 Å². The Bertz CT molecular complexity index is 667. The number of benzene rings is 2. The Balaban J connectivity index is 2.08. The third-order valence-electron chi connectivity index (χ3n) is 3.17. The van der Waals surface area contributed by atoms with Gasteiger partial charge in [0, 0.05) is 0 Å². The van der Waals surface area contributed by atoms with E-state index in [0.717, 1.165) is 23.8 Å². The van der Waals surface area contributed by atoms with Gasteiger partial charge in [0.15, 0.2) is 5.78 Å². The van der Waals surface area contributed by atoms with Gasteiger partial charge in [-0.2, -0.15) is 13.2 Å². The number of carbonyl (C=O) groups excluding carboxylic acids is 1. The lowest BCUT2D eigenvalue weighted by Crippen LogP contribution is -2.13. The third kappa shape index (κ3) is 4.56. The average molecular weight is 324 g/mol. The molecule has 122 valence electrons. The molecule has 0 amide bonds. The van der Waals surface area contributed by atoms with Gasteiger partial charge in [0.1, 0.15) is 12.4 Å². The van der Waals surface area contributed by atoms with Crippen molar-refractivity contribution in [3.05, 3.63) is 65.2 Å². The number of ether oxygens (including phenoxy) is 2. The van der Waals surface area contributed by atoms with Crippen molar-refractivity contribution < 1.29 is 27.4 Å². The summed E-state index contributed by atoms with van der Waals surface area (Å²) in [5.41, 5.74) is -0.170. The molecule has 0 aliphatic carbocycles.